The summed E-state index contributed by atoms with van der Waals surface area (Å²) in [5.74, 6) is -0.0504. The number of nitrogens with zero attached hydrogens (tertiary/aromatic N) is 1. The summed E-state index contributed by atoms with van der Waals surface area (Å²) in [6.45, 7) is 5.63. The highest BCUT2D eigenvalue weighted by atomic mass is 32.2. The first-order chi connectivity index (χ1) is 14.2. The Morgan fingerprint density at radius 3 is 2.33 bits per heavy atom. The molecule has 0 radical (unpaired) electrons. The second-order valence-corrected chi connectivity index (χ2v) is 9.61. The van der Waals surface area contributed by atoms with Crippen LogP contribution in [0.15, 0.2) is 60.0 Å². The summed E-state index contributed by atoms with van der Waals surface area (Å²) in [7, 11) is -2.70. The molecule has 3 rings (SSSR count). The van der Waals surface area contributed by atoms with Gasteiger partial charge in [-0.15, -0.1) is 11.3 Å². The molecule has 0 saturated carbocycles. The molecule has 1 heterocycles. The van der Waals surface area contributed by atoms with Crippen molar-refractivity contribution in [2.24, 2.45) is 5.41 Å². The van der Waals surface area contributed by atoms with Crippen LogP contribution >= 0.6 is 11.3 Å². The first kappa shape index (κ1) is 22.0. The Hall–Kier alpha value is -2.71. The number of hydrogen-bond donors (Lipinski definition) is 3. The van der Waals surface area contributed by atoms with Crippen LogP contribution in [0.5, 0.6) is 0 Å². The third-order valence-electron chi connectivity index (χ3n) is 4.49. The smallest absolute Gasteiger partial charge is 0.225 e. The molecule has 6 nitrogen and oxygen atoms in total. The second kappa shape index (κ2) is 9.40. The van der Waals surface area contributed by atoms with Crippen molar-refractivity contribution in [3.8, 4) is 11.3 Å². The number of carbonyl (C=O) groups excluding carboxylic acids is 1. The van der Waals surface area contributed by atoms with Gasteiger partial charge in [0.25, 0.3) is 0 Å². The number of thiol groups is 1. The average Bonchev–Trinajstić information content (AvgIpc) is 3.18. The van der Waals surface area contributed by atoms with Gasteiger partial charge in [-0.1, -0.05) is 63.2 Å². The average molecular weight is 444 g/mol. The lowest BCUT2D eigenvalue weighted by Gasteiger charge is -2.23. The van der Waals surface area contributed by atoms with Crippen LogP contribution in [0, 0.1) is 5.41 Å². The summed E-state index contributed by atoms with van der Waals surface area (Å²) in [4.78, 5) is 17.5. The second-order valence-electron chi connectivity index (χ2n) is 7.98. The molecular weight excluding hydrogens is 418 g/mol. The molecule has 8 heteroatoms. The van der Waals surface area contributed by atoms with E-state index in [4.69, 9.17) is 4.98 Å². The van der Waals surface area contributed by atoms with E-state index < -0.39 is 16.3 Å². The molecule has 2 aromatic carbocycles. The largest absolute Gasteiger partial charge is 0.346 e. The van der Waals surface area contributed by atoms with Crippen LogP contribution in [-0.4, -0.2) is 19.3 Å². The molecule has 0 spiro atoms. The Bertz CT molecular complexity index is 1060. The summed E-state index contributed by atoms with van der Waals surface area (Å²) in [5.41, 5.74) is 2.86. The highest BCUT2D eigenvalue weighted by Crippen LogP contribution is 2.29. The van der Waals surface area contributed by atoms with Crippen LogP contribution < -0.4 is 10.0 Å². The highest BCUT2D eigenvalue weighted by molar-refractivity contribution is 7.73. The van der Waals surface area contributed by atoms with Gasteiger partial charge in [0.2, 0.25) is 16.8 Å². The first-order valence-corrected chi connectivity index (χ1v) is 11.6. The molecule has 0 bridgehead atoms. The summed E-state index contributed by atoms with van der Waals surface area (Å²) >= 11 is 1.52. The maximum Gasteiger partial charge on any atom is 0.225 e. The maximum atomic E-state index is 12.7. The van der Waals surface area contributed by atoms with E-state index in [-0.39, 0.29) is 11.9 Å². The van der Waals surface area contributed by atoms with Gasteiger partial charge < -0.3 is 5.32 Å². The van der Waals surface area contributed by atoms with E-state index in [1.54, 1.807) is 12.1 Å². The molecule has 0 saturated heterocycles. The van der Waals surface area contributed by atoms with Crippen LogP contribution in [0.1, 0.15) is 37.4 Å². The summed E-state index contributed by atoms with van der Waals surface area (Å²) in [6, 6.07) is 16.8. The number of rotatable bonds is 7. The zero-order chi connectivity index (χ0) is 21.7. The van der Waals surface area contributed by atoms with E-state index >= 15 is 0 Å². The maximum absolute atomic E-state index is 12.7. The van der Waals surface area contributed by atoms with Crippen molar-refractivity contribution in [2.45, 2.75) is 33.2 Å². The molecule has 30 heavy (non-hydrogen) atoms. The topological polar surface area (TPSA) is 88.2 Å². The van der Waals surface area contributed by atoms with Gasteiger partial charge in [0.15, 0.2) is 0 Å². The van der Waals surface area contributed by atoms with E-state index in [0.29, 0.717) is 12.1 Å². The van der Waals surface area contributed by atoms with Gasteiger partial charge in [-0.2, -0.15) is 0 Å². The number of carbonyl (C=O) groups is 1. The predicted octanol–water partition coefficient (Wildman–Crippen LogP) is 4.19. The van der Waals surface area contributed by atoms with Crippen molar-refractivity contribution < 1.29 is 13.2 Å². The van der Waals surface area contributed by atoms with Gasteiger partial charge in [0.05, 0.1) is 11.7 Å². The number of hydrogen-bond acceptors (Lipinski definition) is 5. The molecule has 158 valence electrons. The van der Waals surface area contributed by atoms with Gasteiger partial charge in [-0.25, -0.2) is 13.4 Å². The number of nitrogens with one attached hydrogen (secondary N) is 2. The third kappa shape index (κ3) is 5.90. The van der Waals surface area contributed by atoms with E-state index in [9.17, 15) is 13.2 Å². The van der Waals surface area contributed by atoms with Crippen LogP contribution in [0.3, 0.4) is 0 Å². The molecular formula is C22H25N3O3S2. The molecule has 1 atom stereocenters. The lowest BCUT2D eigenvalue weighted by Crippen LogP contribution is -2.38. The zero-order valence-electron chi connectivity index (χ0n) is 17.1. The highest BCUT2D eigenvalue weighted by Gasteiger charge is 2.26. The molecule has 1 aromatic heterocycles. The fourth-order valence-corrected chi connectivity index (χ4v) is 4.06. The van der Waals surface area contributed by atoms with Crippen LogP contribution in [0.4, 0.5) is 5.69 Å². The summed E-state index contributed by atoms with van der Waals surface area (Å²) in [5, 5.41) is 5.96. The van der Waals surface area contributed by atoms with Gasteiger partial charge in [-0.3, -0.25) is 9.52 Å². The van der Waals surface area contributed by atoms with Crippen molar-refractivity contribution in [1.29, 1.82) is 0 Å². The normalized spacial score (nSPS) is 12.5. The molecule has 0 aliphatic heterocycles. The molecule has 3 aromatic rings. The summed E-state index contributed by atoms with van der Waals surface area (Å²) in [6.07, 6.45) is 0.549. The third-order valence-corrected chi connectivity index (χ3v) is 5.89. The van der Waals surface area contributed by atoms with Crippen molar-refractivity contribution in [1.82, 2.24) is 10.3 Å². The SMILES string of the molecule is CC(C)(C)C(=O)N[C@@H](Cc1ccc(N[SH](=O)=O)cc1)c1nc(-c2ccccc2)cs1. The Balaban J connectivity index is 1.85. The van der Waals surface area contributed by atoms with Crippen molar-refractivity contribution in [3.05, 3.63) is 70.5 Å². The number of benzene rings is 2. The van der Waals surface area contributed by atoms with Gasteiger partial charge >= 0.3 is 0 Å². The Morgan fingerprint density at radius 2 is 1.73 bits per heavy atom. The van der Waals surface area contributed by atoms with Crippen molar-refractivity contribution in [2.75, 3.05) is 4.72 Å². The van der Waals surface area contributed by atoms with E-state index in [1.807, 2.05) is 68.6 Å². The molecule has 2 N–H and O–H groups in total. The van der Waals surface area contributed by atoms with Crippen LogP contribution in [0.2, 0.25) is 0 Å². The number of aromatic nitrogens is 1. The molecule has 0 unspecified atom stereocenters. The lowest BCUT2D eigenvalue weighted by molar-refractivity contribution is -0.129. The Morgan fingerprint density at radius 1 is 1.07 bits per heavy atom. The first-order valence-electron chi connectivity index (χ1n) is 9.54. The number of thiazole rings is 1. The quantitative estimate of drug-likeness (QED) is 0.478. The fraction of sp³-hybridized carbons (Fsp3) is 0.273. The van der Waals surface area contributed by atoms with Crippen LogP contribution in [0.25, 0.3) is 11.3 Å². The molecule has 0 fully saturated rings. The summed E-state index contributed by atoms with van der Waals surface area (Å²) < 4.78 is 24.0. The van der Waals surface area contributed by atoms with E-state index in [1.165, 1.54) is 11.3 Å². The minimum absolute atomic E-state index is 0.0504. The van der Waals surface area contributed by atoms with Crippen molar-refractivity contribution in [3.63, 3.8) is 0 Å². The number of amides is 1. The fourth-order valence-electron chi connectivity index (χ4n) is 2.82. The van der Waals surface area contributed by atoms with E-state index in [0.717, 1.165) is 21.8 Å². The molecule has 1 amide bonds. The standard InChI is InChI=1S/C22H25N3O3S2/c1-22(2,3)21(26)24-18(13-15-9-11-17(12-10-15)25-30(27)28)20-23-19(14-29-20)16-7-5-4-6-8-16/h4-12,14,18,30H,13H2,1-3H3,(H,24,26)(H,25,27,28)/t18-/m0/s1. The zero-order valence-corrected chi connectivity index (χ0v) is 18.8. The lowest BCUT2D eigenvalue weighted by atomic mass is 9.94. The monoisotopic (exact) mass is 443 g/mol. The minimum Gasteiger partial charge on any atom is -0.346 e. The van der Waals surface area contributed by atoms with Gasteiger partial charge in [-0.05, 0) is 24.1 Å². The predicted molar refractivity (Wildman–Crippen MR) is 122 cm³/mol. The van der Waals surface area contributed by atoms with E-state index in [2.05, 4.69) is 10.0 Å². The van der Waals surface area contributed by atoms with Gasteiger partial charge in [0.1, 0.15) is 5.01 Å². The van der Waals surface area contributed by atoms with Crippen LogP contribution in [-0.2, 0) is 22.1 Å². The van der Waals surface area contributed by atoms with Crippen molar-refractivity contribution >= 4 is 33.8 Å². The molecule has 0 aliphatic carbocycles. The number of anilines is 1. The Labute approximate surface area is 182 Å². The molecule has 0 aliphatic rings. The van der Waals surface area contributed by atoms with Gasteiger partial charge in [0, 0.05) is 22.0 Å². The minimum atomic E-state index is -2.70. The Kier molecular flexibility index (Phi) is 6.89.